The van der Waals surface area contributed by atoms with Gasteiger partial charge in [0.15, 0.2) is 0 Å². The fraction of sp³-hybridized carbons (Fsp3) is 0.700. The molecule has 0 bridgehead atoms. The van der Waals surface area contributed by atoms with Crippen molar-refractivity contribution >= 4 is 5.91 Å². The molecule has 0 aromatic carbocycles. The molecule has 14 heavy (non-hydrogen) atoms. The minimum atomic E-state index is -0.0160. The molecule has 0 aromatic rings. The lowest BCUT2D eigenvalue weighted by atomic mass is 10.3. The standard InChI is InChI=1S/C10H18N2O2/c1-3-6-11-9-10(13)12-7-4-5-8-14-2/h1,11H,4-9H2,2H3,(H,12,13). The van der Waals surface area contributed by atoms with Crippen molar-refractivity contribution in [2.24, 2.45) is 0 Å². The number of nitrogens with one attached hydrogen (secondary N) is 2. The molecular formula is C10H18N2O2. The van der Waals surface area contributed by atoms with Crippen molar-refractivity contribution in [1.82, 2.24) is 10.6 Å². The molecule has 4 heteroatoms. The molecule has 0 aromatic heterocycles. The van der Waals surface area contributed by atoms with Gasteiger partial charge in [-0.1, -0.05) is 5.92 Å². The average molecular weight is 198 g/mol. The van der Waals surface area contributed by atoms with E-state index in [9.17, 15) is 4.79 Å². The summed E-state index contributed by atoms with van der Waals surface area (Å²) in [5, 5.41) is 5.59. The third kappa shape index (κ3) is 9.04. The van der Waals surface area contributed by atoms with Gasteiger partial charge in [-0.15, -0.1) is 6.42 Å². The van der Waals surface area contributed by atoms with E-state index in [4.69, 9.17) is 11.2 Å². The predicted molar refractivity (Wildman–Crippen MR) is 55.8 cm³/mol. The summed E-state index contributed by atoms with van der Waals surface area (Å²) in [6, 6.07) is 0. The molecule has 0 aliphatic rings. The second-order valence-corrected chi connectivity index (χ2v) is 2.86. The Labute approximate surface area is 85.4 Å². The van der Waals surface area contributed by atoms with Gasteiger partial charge < -0.3 is 10.1 Å². The SMILES string of the molecule is C#CCNCC(=O)NCCCCOC. The number of carbonyl (C=O) groups excluding carboxylic acids is 1. The molecular weight excluding hydrogens is 180 g/mol. The highest BCUT2D eigenvalue weighted by Crippen LogP contribution is 1.86. The first-order valence-corrected chi connectivity index (χ1v) is 4.71. The summed E-state index contributed by atoms with van der Waals surface area (Å²) >= 11 is 0. The Balaban J connectivity index is 3.15. The molecule has 0 aliphatic heterocycles. The summed E-state index contributed by atoms with van der Waals surface area (Å²) in [4.78, 5) is 11.1. The highest BCUT2D eigenvalue weighted by molar-refractivity contribution is 5.77. The van der Waals surface area contributed by atoms with E-state index in [0.717, 1.165) is 19.4 Å². The lowest BCUT2D eigenvalue weighted by molar-refractivity contribution is -0.120. The van der Waals surface area contributed by atoms with Gasteiger partial charge in [-0.2, -0.15) is 0 Å². The third-order valence-corrected chi connectivity index (χ3v) is 1.61. The minimum Gasteiger partial charge on any atom is -0.385 e. The molecule has 0 aliphatic carbocycles. The largest absolute Gasteiger partial charge is 0.385 e. The van der Waals surface area contributed by atoms with Crippen LogP contribution in [0.4, 0.5) is 0 Å². The van der Waals surface area contributed by atoms with E-state index in [0.29, 0.717) is 13.1 Å². The Morgan fingerprint density at radius 2 is 2.29 bits per heavy atom. The van der Waals surface area contributed by atoms with Crippen LogP contribution >= 0.6 is 0 Å². The second-order valence-electron chi connectivity index (χ2n) is 2.86. The number of terminal acetylenes is 1. The second kappa shape index (κ2) is 10.0. The minimum absolute atomic E-state index is 0.0160. The molecule has 80 valence electrons. The van der Waals surface area contributed by atoms with Gasteiger partial charge >= 0.3 is 0 Å². The Bertz CT molecular complexity index is 187. The third-order valence-electron chi connectivity index (χ3n) is 1.61. The van der Waals surface area contributed by atoms with Crippen LogP contribution in [0.5, 0.6) is 0 Å². The number of hydrogen-bond acceptors (Lipinski definition) is 3. The number of ether oxygens (including phenoxy) is 1. The Morgan fingerprint density at radius 3 is 2.93 bits per heavy atom. The first-order valence-electron chi connectivity index (χ1n) is 4.71. The maximum absolute atomic E-state index is 11.1. The first kappa shape index (κ1) is 12.9. The molecule has 0 saturated heterocycles. The van der Waals surface area contributed by atoms with Crippen molar-refractivity contribution in [3.63, 3.8) is 0 Å². The van der Waals surface area contributed by atoms with Crippen LogP contribution in [0.3, 0.4) is 0 Å². The zero-order chi connectivity index (χ0) is 10.6. The van der Waals surface area contributed by atoms with Crippen LogP contribution in [0.25, 0.3) is 0 Å². The van der Waals surface area contributed by atoms with Gasteiger partial charge in [0.25, 0.3) is 0 Å². The van der Waals surface area contributed by atoms with Crippen molar-refractivity contribution in [3.8, 4) is 12.3 Å². The fourth-order valence-corrected chi connectivity index (χ4v) is 0.910. The fourth-order valence-electron chi connectivity index (χ4n) is 0.910. The smallest absolute Gasteiger partial charge is 0.233 e. The normalized spacial score (nSPS) is 9.43. The maximum atomic E-state index is 11.1. The van der Waals surface area contributed by atoms with E-state index in [-0.39, 0.29) is 12.5 Å². The molecule has 2 N–H and O–H groups in total. The summed E-state index contributed by atoms with van der Waals surface area (Å²) in [7, 11) is 1.67. The van der Waals surface area contributed by atoms with E-state index in [1.165, 1.54) is 0 Å². The number of rotatable bonds is 8. The average Bonchev–Trinajstić information content (AvgIpc) is 2.18. The summed E-state index contributed by atoms with van der Waals surface area (Å²) in [5.41, 5.74) is 0. The van der Waals surface area contributed by atoms with Crippen LogP contribution in [0.1, 0.15) is 12.8 Å². The number of amides is 1. The summed E-state index contributed by atoms with van der Waals surface area (Å²) < 4.78 is 4.88. The van der Waals surface area contributed by atoms with Gasteiger partial charge in [-0.25, -0.2) is 0 Å². The lowest BCUT2D eigenvalue weighted by Gasteiger charge is -2.04. The Hall–Kier alpha value is -1.05. The van der Waals surface area contributed by atoms with E-state index >= 15 is 0 Å². The van der Waals surface area contributed by atoms with E-state index in [2.05, 4.69) is 16.6 Å². The highest BCUT2D eigenvalue weighted by Gasteiger charge is 1.97. The molecule has 0 heterocycles. The number of methoxy groups -OCH3 is 1. The number of carbonyl (C=O) groups is 1. The van der Waals surface area contributed by atoms with Gasteiger partial charge in [0.2, 0.25) is 5.91 Å². The first-order chi connectivity index (χ1) is 6.81. The van der Waals surface area contributed by atoms with Crippen molar-refractivity contribution in [3.05, 3.63) is 0 Å². The van der Waals surface area contributed by atoms with Gasteiger partial charge in [0.1, 0.15) is 0 Å². The molecule has 0 spiro atoms. The molecule has 0 saturated carbocycles. The quantitative estimate of drug-likeness (QED) is 0.418. The number of unbranched alkanes of at least 4 members (excludes halogenated alkanes) is 1. The van der Waals surface area contributed by atoms with Gasteiger partial charge in [-0.05, 0) is 12.8 Å². The molecule has 1 amide bonds. The molecule has 0 rings (SSSR count). The van der Waals surface area contributed by atoms with E-state index < -0.39 is 0 Å². The Kier molecular flexibility index (Phi) is 9.28. The molecule has 0 fully saturated rings. The zero-order valence-electron chi connectivity index (χ0n) is 8.64. The lowest BCUT2D eigenvalue weighted by Crippen LogP contribution is -2.34. The van der Waals surface area contributed by atoms with Gasteiger partial charge in [0, 0.05) is 20.3 Å². The van der Waals surface area contributed by atoms with E-state index in [1.54, 1.807) is 7.11 Å². The summed E-state index contributed by atoms with van der Waals surface area (Å²) in [5.74, 6) is 2.38. The monoisotopic (exact) mass is 198 g/mol. The van der Waals surface area contributed by atoms with Crippen LogP contribution in [0.2, 0.25) is 0 Å². The molecule has 4 nitrogen and oxygen atoms in total. The summed E-state index contributed by atoms with van der Waals surface area (Å²) in [6.07, 6.45) is 6.92. The van der Waals surface area contributed by atoms with Crippen molar-refractivity contribution in [2.75, 3.05) is 33.4 Å². The van der Waals surface area contributed by atoms with Crippen LogP contribution in [0, 0.1) is 12.3 Å². The molecule has 0 radical (unpaired) electrons. The van der Waals surface area contributed by atoms with Crippen LogP contribution in [-0.2, 0) is 9.53 Å². The molecule has 0 unspecified atom stereocenters. The van der Waals surface area contributed by atoms with Gasteiger partial charge in [-0.3, -0.25) is 10.1 Å². The summed E-state index contributed by atoms with van der Waals surface area (Å²) in [6.45, 7) is 2.15. The highest BCUT2D eigenvalue weighted by atomic mass is 16.5. The van der Waals surface area contributed by atoms with Crippen LogP contribution in [0.15, 0.2) is 0 Å². The molecule has 0 atom stereocenters. The topological polar surface area (TPSA) is 50.4 Å². The van der Waals surface area contributed by atoms with Crippen LogP contribution < -0.4 is 10.6 Å². The van der Waals surface area contributed by atoms with Crippen LogP contribution in [-0.4, -0.2) is 39.3 Å². The zero-order valence-corrected chi connectivity index (χ0v) is 8.64. The van der Waals surface area contributed by atoms with Crippen molar-refractivity contribution < 1.29 is 9.53 Å². The maximum Gasteiger partial charge on any atom is 0.233 e. The predicted octanol–water partition coefficient (Wildman–Crippen LogP) is -0.248. The Morgan fingerprint density at radius 1 is 1.50 bits per heavy atom. The van der Waals surface area contributed by atoms with Crippen molar-refractivity contribution in [2.45, 2.75) is 12.8 Å². The van der Waals surface area contributed by atoms with Crippen molar-refractivity contribution in [1.29, 1.82) is 0 Å². The van der Waals surface area contributed by atoms with E-state index in [1.807, 2.05) is 0 Å². The van der Waals surface area contributed by atoms with Gasteiger partial charge in [0.05, 0.1) is 13.1 Å². The number of hydrogen-bond donors (Lipinski definition) is 2.